The molecule has 0 atom stereocenters. The van der Waals surface area contributed by atoms with Crippen LogP contribution in [0.2, 0.25) is 0 Å². The normalized spacial score (nSPS) is 10.2. The Balaban J connectivity index is 2.13. The van der Waals surface area contributed by atoms with Crippen LogP contribution < -0.4 is 10.6 Å². The summed E-state index contributed by atoms with van der Waals surface area (Å²) < 4.78 is 0. The first-order chi connectivity index (χ1) is 9.26. The number of aliphatic hydroxyl groups is 1. The lowest BCUT2D eigenvalue weighted by Crippen LogP contribution is -2.37. The van der Waals surface area contributed by atoms with Crippen LogP contribution in [0.3, 0.4) is 0 Å². The molecule has 4 nitrogen and oxygen atoms in total. The maximum Gasteiger partial charge on any atom is 0.314 e. The molecule has 0 aromatic heterocycles. The molecule has 0 spiro atoms. The van der Waals surface area contributed by atoms with Crippen molar-refractivity contribution in [3.8, 4) is 0 Å². The Bertz CT molecular complexity index is 368. The SMILES string of the molecule is CSCCCNC(=O)NCCc1ccc(CO)cc1. The zero-order chi connectivity index (χ0) is 13.9. The van der Waals surface area contributed by atoms with Crippen LogP contribution >= 0.6 is 11.8 Å². The number of carbonyl (C=O) groups is 1. The molecule has 0 heterocycles. The van der Waals surface area contributed by atoms with E-state index < -0.39 is 0 Å². The van der Waals surface area contributed by atoms with Gasteiger partial charge in [-0.25, -0.2) is 4.79 Å². The molecular weight excluding hydrogens is 260 g/mol. The van der Waals surface area contributed by atoms with Crippen molar-refractivity contribution in [3.05, 3.63) is 35.4 Å². The number of hydrogen-bond donors (Lipinski definition) is 3. The first-order valence-corrected chi connectivity index (χ1v) is 7.85. The lowest BCUT2D eigenvalue weighted by atomic mass is 10.1. The van der Waals surface area contributed by atoms with Gasteiger partial charge in [0, 0.05) is 13.1 Å². The third-order valence-electron chi connectivity index (χ3n) is 2.72. The Morgan fingerprint density at radius 1 is 1.16 bits per heavy atom. The Kier molecular flexibility index (Phi) is 8.09. The van der Waals surface area contributed by atoms with E-state index >= 15 is 0 Å². The maximum absolute atomic E-state index is 11.4. The van der Waals surface area contributed by atoms with Crippen molar-refractivity contribution in [1.29, 1.82) is 0 Å². The molecule has 1 aromatic rings. The van der Waals surface area contributed by atoms with Crippen LogP contribution in [0, 0.1) is 0 Å². The molecule has 1 rings (SSSR count). The lowest BCUT2D eigenvalue weighted by Gasteiger charge is -2.07. The second-order valence-corrected chi connectivity index (χ2v) is 5.24. The van der Waals surface area contributed by atoms with E-state index in [-0.39, 0.29) is 12.6 Å². The standard InChI is InChI=1S/C14H22N2O2S/c1-19-10-2-8-15-14(18)16-9-7-12-3-5-13(11-17)6-4-12/h3-6,17H,2,7-11H2,1H3,(H2,15,16,18). The van der Waals surface area contributed by atoms with Gasteiger partial charge in [0.05, 0.1) is 6.61 Å². The van der Waals surface area contributed by atoms with Crippen molar-refractivity contribution in [1.82, 2.24) is 10.6 Å². The highest BCUT2D eigenvalue weighted by Gasteiger charge is 1.99. The molecule has 0 bridgehead atoms. The summed E-state index contributed by atoms with van der Waals surface area (Å²) in [6.07, 6.45) is 3.85. The van der Waals surface area contributed by atoms with Gasteiger partial charge in [0.15, 0.2) is 0 Å². The number of nitrogens with one attached hydrogen (secondary N) is 2. The second kappa shape index (κ2) is 9.69. The van der Waals surface area contributed by atoms with Crippen molar-refractivity contribution in [2.75, 3.05) is 25.1 Å². The summed E-state index contributed by atoms with van der Waals surface area (Å²) in [5.74, 6) is 1.07. The highest BCUT2D eigenvalue weighted by molar-refractivity contribution is 7.98. The topological polar surface area (TPSA) is 61.4 Å². The average Bonchev–Trinajstić information content (AvgIpc) is 2.44. The van der Waals surface area contributed by atoms with Crippen molar-refractivity contribution in [3.63, 3.8) is 0 Å². The van der Waals surface area contributed by atoms with Gasteiger partial charge in [-0.1, -0.05) is 24.3 Å². The first-order valence-electron chi connectivity index (χ1n) is 6.45. The Morgan fingerprint density at radius 3 is 2.42 bits per heavy atom. The smallest absolute Gasteiger partial charge is 0.314 e. The van der Waals surface area contributed by atoms with Gasteiger partial charge in [-0.3, -0.25) is 0 Å². The third kappa shape index (κ3) is 7.08. The van der Waals surface area contributed by atoms with Gasteiger partial charge in [-0.15, -0.1) is 0 Å². The van der Waals surface area contributed by atoms with E-state index in [0.29, 0.717) is 6.54 Å². The van der Waals surface area contributed by atoms with Gasteiger partial charge in [0.2, 0.25) is 0 Å². The number of amides is 2. The van der Waals surface area contributed by atoms with Crippen LogP contribution in [0.4, 0.5) is 4.79 Å². The van der Waals surface area contributed by atoms with Crippen molar-refractivity contribution >= 4 is 17.8 Å². The van der Waals surface area contributed by atoms with Crippen LogP contribution in [0.25, 0.3) is 0 Å². The molecule has 1 aromatic carbocycles. The molecule has 0 saturated carbocycles. The fraction of sp³-hybridized carbons (Fsp3) is 0.500. The summed E-state index contributed by atoms with van der Waals surface area (Å²) in [4.78, 5) is 11.4. The highest BCUT2D eigenvalue weighted by atomic mass is 32.2. The van der Waals surface area contributed by atoms with Gasteiger partial charge in [-0.05, 0) is 36.0 Å². The number of hydrogen-bond acceptors (Lipinski definition) is 3. The summed E-state index contributed by atoms with van der Waals surface area (Å²) in [7, 11) is 0. The predicted octanol–water partition coefficient (Wildman–Crippen LogP) is 1.77. The van der Waals surface area contributed by atoms with Crippen molar-refractivity contribution < 1.29 is 9.90 Å². The molecule has 0 radical (unpaired) electrons. The van der Waals surface area contributed by atoms with Crippen LogP contribution in [0.15, 0.2) is 24.3 Å². The number of carbonyl (C=O) groups excluding carboxylic acids is 1. The summed E-state index contributed by atoms with van der Waals surface area (Å²) in [6, 6.07) is 7.65. The Morgan fingerprint density at radius 2 is 1.79 bits per heavy atom. The van der Waals surface area contributed by atoms with E-state index in [2.05, 4.69) is 16.9 Å². The monoisotopic (exact) mass is 282 g/mol. The first kappa shape index (κ1) is 15.9. The molecule has 0 unspecified atom stereocenters. The van der Waals surface area contributed by atoms with E-state index in [0.717, 1.165) is 36.3 Å². The number of urea groups is 1. The van der Waals surface area contributed by atoms with Crippen molar-refractivity contribution in [2.24, 2.45) is 0 Å². The van der Waals surface area contributed by atoms with Gasteiger partial charge in [-0.2, -0.15) is 11.8 Å². The van der Waals surface area contributed by atoms with Gasteiger partial charge >= 0.3 is 6.03 Å². The Hall–Kier alpha value is -1.20. The molecule has 106 valence electrons. The quantitative estimate of drug-likeness (QED) is 0.637. The van der Waals surface area contributed by atoms with E-state index in [1.165, 1.54) is 0 Å². The van der Waals surface area contributed by atoms with Gasteiger partial charge < -0.3 is 15.7 Å². The molecule has 2 amide bonds. The summed E-state index contributed by atoms with van der Waals surface area (Å²) in [5.41, 5.74) is 2.06. The molecule has 3 N–H and O–H groups in total. The van der Waals surface area contributed by atoms with Crippen LogP contribution in [0.1, 0.15) is 17.5 Å². The number of aliphatic hydroxyl groups excluding tert-OH is 1. The molecular formula is C14H22N2O2S. The second-order valence-electron chi connectivity index (χ2n) is 4.25. The largest absolute Gasteiger partial charge is 0.392 e. The highest BCUT2D eigenvalue weighted by Crippen LogP contribution is 2.04. The predicted molar refractivity (Wildman–Crippen MR) is 80.5 cm³/mol. The zero-order valence-corrected chi connectivity index (χ0v) is 12.1. The van der Waals surface area contributed by atoms with Crippen LogP contribution in [0.5, 0.6) is 0 Å². The zero-order valence-electron chi connectivity index (χ0n) is 11.3. The van der Waals surface area contributed by atoms with Crippen LogP contribution in [-0.4, -0.2) is 36.2 Å². The Labute approximate surface area is 119 Å². The molecule has 0 aliphatic heterocycles. The molecule has 0 aliphatic rings. The van der Waals surface area contributed by atoms with E-state index in [4.69, 9.17) is 5.11 Å². The van der Waals surface area contributed by atoms with E-state index in [1.807, 2.05) is 24.3 Å². The number of rotatable bonds is 8. The minimum Gasteiger partial charge on any atom is -0.392 e. The lowest BCUT2D eigenvalue weighted by molar-refractivity contribution is 0.241. The average molecular weight is 282 g/mol. The van der Waals surface area contributed by atoms with E-state index in [9.17, 15) is 4.79 Å². The minimum absolute atomic E-state index is 0.0665. The summed E-state index contributed by atoms with van der Waals surface area (Å²) >= 11 is 1.78. The van der Waals surface area contributed by atoms with Crippen molar-refractivity contribution in [2.45, 2.75) is 19.4 Å². The summed E-state index contributed by atoms with van der Waals surface area (Å²) in [6.45, 7) is 1.40. The van der Waals surface area contributed by atoms with Gasteiger partial charge in [0.1, 0.15) is 0 Å². The molecule has 0 saturated heterocycles. The van der Waals surface area contributed by atoms with Crippen LogP contribution in [-0.2, 0) is 13.0 Å². The molecule has 5 heteroatoms. The number of benzene rings is 1. The fourth-order valence-corrected chi connectivity index (χ4v) is 2.05. The molecule has 0 aliphatic carbocycles. The third-order valence-corrected chi connectivity index (χ3v) is 3.41. The van der Waals surface area contributed by atoms with E-state index in [1.54, 1.807) is 11.8 Å². The fourth-order valence-electron chi connectivity index (χ4n) is 1.61. The van der Waals surface area contributed by atoms with Gasteiger partial charge in [0.25, 0.3) is 0 Å². The minimum atomic E-state index is -0.104. The maximum atomic E-state index is 11.4. The summed E-state index contributed by atoms with van der Waals surface area (Å²) in [5, 5.41) is 14.6. The number of thioether (sulfide) groups is 1. The molecule has 0 fully saturated rings. The molecule has 19 heavy (non-hydrogen) atoms.